The van der Waals surface area contributed by atoms with Gasteiger partial charge in [0.25, 0.3) is 5.91 Å². The summed E-state index contributed by atoms with van der Waals surface area (Å²) in [5.74, 6) is 0.457. The largest absolute Gasteiger partial charge is 0.361 e. The number of alkyl halides is 1. The molecule has 7 heteroatoms. The minimum Gasteiger partial charge on any atom is -0.361 e. The van der Waals surface area contributed by atoms with E-state index in [4.69, 9.17) is 4.52 Å². The predicted molar refractivity (Wildman–Crippen MR) is 87.3 cm³/mol. The van der Waals surface area contributed by atoms with E-state index in [2.05, 4.69) is 5.16 Å². The Kier molecular flexibility index (Phi) is 3.67. The first kappa shape index (κ1) is 16.5. The summed E-state index contributed by atoms with van der Waals surface area (Å²) in [4.78, 5) is 28.4. The molecular formula is C18H24FN3O3. The smallest absolute Gasteiger partial charge is 0.260 e. The monoisotopic (exact) mass is 349 g/mol. The number of hydrogen-bond acceptors (Lipinski definition) is 4. The van der Waals surface area contributed by atoms with Gasteiger partial charge in [0.1, 0.15) is 5.76 Å². The topological polar surface area (TPSA) is 66.7 Å². The number of amides is 2. The number of likely N-dealkylation sites (tertiary alicyclic amines) is 2. The van der Waals surface area contributed by atoms with Crippen LogP contribution in [0.5, 0.6) is 0 Å². The maximum absolute atomic E-state index is 14.4. The molecule has 4 rings (SSSR count). The van der Waals surface area contributed by atoms with Gasteiger partial charge in [0.05, 0.1) is 12.2 Å². The van der Waals surface area contributed by atoms with E-state index in [1.165, 1.54) is 0 Å². The molecule has 3 heterocycles. The van der Waals surface area contributed by atoms with Crippen LogP contribution in [0.25, 0.3) is 0 Å². The standard InChI is InChI=1S/C18H24FN3O3/c1-12-14(13(2)25-20-12)9-22-11-17(8-15(22)23)6-7-21(10-17)16(24)18(19)4-3-5-18/h3-11H2,1-2H3. The Morgan fingerprint density at radius 2 is 2.04 bits per heavy atom. The van der Waals surface area contributed by atoms with Crippen LogP contribution >= 0.6 is 0 Å². The summed E-state index contributed by atoms with van der Waals surface area (Å²) in [5.41, 5.74) is -0.122. The minimum absolute atomic E-state index is 0.0907. The molecule has 1 unspecified atom stereocenters. The average molecular weight is 349 g/mol. The van der Waals surface area contributed by atoms with Crippen LogP contribution in [0, 0.1) is 19.3 Å². The van der Waals surface area contributed by atoms with Crippen LogP contribution in [0.4, 0.5) is 4.39 Å². The molecule has 1 atom stereocenters. The maximum Gasteiger partial charge on any atom is 0.260 e. The molecule has 1 aromatic rings. The summed E-state index contributed by atoms with van der Waals surface area (Å²) in [7, 11) is 0. The van der Waals surface area contributed by atoms with Crippen molar-refractivity contribution in [3.8, 4) is 0 Å². The van der Waals surface area contributed by atoms with Crippen LogP contribution in [0.3, 0.4) is 0 Å². The van der Waals surface area contributed by atoms with E-state index in [9.17, 15) is 14.0 Å². The first-order valence-electron chi connectivity index (χ1n) is 9.00. The van der Waals surface area contributed by atoms with Crippen LogP contribution in [0.15, 0.2) is 4.52 Å². The normalized spacial score (nSPS) is 28.0. The zero-order valence-electron chi connectivity index (χ0n) is 14.8. The lowest BCUT2D eigenvalue weighted by Crippen LogP contribution is -2.50. The molecule has 3 fully saturated rings. The quantitative estimate of drug-likeness (QED) is 0.838. The maximum atomic E-state index is 14.4. The summed E-state index contributed by atoms with van der Waals surface area (Å²) in [5, 5.41) is 3.94. The van der Waals surface area contributed by atoms with Crippen molar-refractivity contribution in [2.75, 3.05) is 19.6 Å². The highest BCUT2D eigenvalue weighted by Crippen LogP contribution is 2.44. The Bertz CT molecular complexity index is 708. The number of hydrogen-bond donors (Lipinski definition) is 0. The second kappa shape index (κ2) is 5.54. The third-order valence-corrected chi connectivity index (χ3v) is 6.19. The van der Waals surface area contributed by atoms with Gasteiger partial charge in [-0.2, -0.15) is 0 Å². The second-order valence-electron chi connectivity index (χ2n) is 8.02. The summed E-state index contributed by atoms with van der Waals surface area (Å²) < 4.78 is 19.6. The van der Waals surface area contributed by atoms with Crippen molar-refractivity contribution in [2.45, 2.75) is 58.2 Å². The van der Waals surface area contributed by atoms with E-state index in [1.807, 2.05) is 18.7 Å². The van der Waals surface area contributed by atoms with Crippen LogP contribution in [-0.2, 0) is 16.1 Å². The van der Waals surface area contributed by atoms with E-state index >= 15 is 0 Å². The van der Waals surface area contributed by atoms with Gasteiger partial charge in [-0.05, 0) is 39.5 Å². The first-order valence-corrected chi connectivity index (χ1v) is 9.00. The van der Waals surface area contributed by atoms with Gasteiger partial charge in [-0.15, -0.1) is 0 Å². The van der Waals surface area contributed by atoms with Gasteiger partial charge < -0.3 is 14.3 Å². The van der Waals surface area contributed by atoms with Crippen LogP contribution in [-0.4, -0.2) is 52.1 Å². The van der Waals surface area contributed by atoms with Gasteiger partial charge in [-0.3, -0.25) is 9.59 Å². The highest BCUT2D eigenvalue weighted by atomic mass is 19.1. The average Bonchev–Trinajstić information content (AvgIpc) is 3.19. The molecule has 1 aliphatic carbocycles. The van der Waals surface area contributed by atoms with Crippen molar-refractivity contribution in [2.24, 2.45) is 5.41 Å². The molecule has 136 valence electrons. The first-order chi connectivity index (χ1) is 11.8. The molecule has 2 amide bonds. The number of halogens is 1. The Morgan fingerprint density at radius 1 is 1.28 bits per heavy atom. The summed E-state index contributed by atoms with van der Waals surface area (Å²) >= 11 is 0. The van der Waals surface area contributed by atoms with Gasteiger partial charge in [-0.25, -0.2) is 4.39 Å². The Morgan fingerprint density at radius 3 is 2.64 bits per heavy atom. The Balaban J connectivity index is 1.44. The van der Waals surface area contributed by atoms with Crippen LogP contribution < -0.4 is 0 Å². The molecule has 2 aliphatic heterocycles. The SMILES string of the molecule is Cc1noc(C)c1CN1CC2(CCN(C(=O)C3(F)CCC3)C2)CC1=O. The van der Waals surface area contributed by atoms with Crippen LogP contribution in [0.2, 0.25) is 0 Å². The second-order valence-corrected chi connectivity index (χ2v) is 8.02. The zero-order valence-corrected chi connectivity index (χ0v) is 14.8. The molecule has 25 heavy (non-hydrogen) atoms. The molecule has 1 saturated carbocycles. The van der Waals surface area contributed by atoms with Crippen molar-refractivity contribution in [3.63, 3.8) is 0 Å². The highest BCUT2D eigenvalue weighted by molar-refractivity contribution is 5.87. The van der Waals surface area contributed by atoms with Gasteiger partial charge in [0.2, 0.25) is 5.91 Å². The predicted octanol–water partition coefficient (Wildman–Crippen LogP) is 2.13. The molecule has 0 aromatic carbocycles. The number of nitrogens with zero attached hydrogens (tertiary/aromatic N) is 3. The molecule has 0 bridgehead atoms. The highest BCUT2D eigenvalue weighted by Gasteiger charge is 2.53. The van der Waals surface area contributed by atoms with Crippen molar-refractivity contribution < 1.29 is 18.5 Å². The lowest BCUT2D eigenvalue weighted by atomic mass is 9.81. The molecular weight excluding hydrogens is 325 g/mol. The van der Waals surface area contributed by atoms with Crippen molar-refractivity contribution in [3.05, 3.63) is 17.0 Å². The lowest BCUT2D eigenvalue weighted by molar-refractivity contribution is -0.149. The summed E-state index contributed by atoms with van der Waals surface area (Å²) in [6.07, 6.45) is 2.65. The number of rotatable bonds is 3. The van der Waals surface area contributed by atoms with E-state index in [-0.39, 0.29) is 17.2 Å². The van der Waals surface area contributed by atoms with Crippen molar-refractivity contribution >= 4 is 11.8 Å². The van der Waals surface area contributed by atoms with Gasteiger partial charge >= 0.3 is 0 Å². The Hall–Kier alpha value is -1.92. The molecule has 1 aromatic heterocycles. The minimum atomic E-state index is -1.65. The van der Waals surface area contributed by atoms with Gasteiger partial charge in [0.15, 0.2) is 5.67 Å². The zero-order chi connectivity index (χ0) is 17.8. The fraction of sp³-hybridized carbons (Fsp3) is 0.722. The third-order valence-electron chi connectivity index (χ3n) is 6.19. The number of carbonyl (C=O) groups is 2. The molecule has 6 nitrogen and oxygen atoms in total. The van der Waals surface area contributed by atoms with E-state index in [0.717, 1.165) is 29.9 Å². The van der Waals surface area contributed by atoms with E-state index < -0.39 is 5.67 Å². The van der Waals surface area contributed by atoms with Crippen molar-refractivity contribution in [1.82, 2.24) is 15.0 Å². The van der Waals surface area contributed by atoms with Crippen molar-refractivity contribution in [1.29, 1.82) is 0 Å². The van der Waals surface area contributed by atoms with Crippen LogP contribution in [0.1, 0.15) is 49.1 Å². The fourth-order valence-corrected chi connectivity index (χ4v) is 4.41. The number of carbonyl (C=O) groups excluding carboxylic acids is 2. The summed E-state index contributed by atoms with van der Waals surface area (Å²) in [6.45, 7) is 5.86. The van der Waals surface area contributed by atoms with Gasteiger partial charge in [0, 0.05) is 37.0 Å². The Labute approximate surface area is 146 Å². The lowest BCUT2D eigenvalue weighted by Gasteiger charge is -2.36. The summed E-state index contributed by atoms with van der Waals surface area (Å²) in [6, 6.07) is 0. The number of aryl methyl sites for hydroxylation is 2. The van der Waals surface area contributed by atoms with Gasteiger partial charge in [-0.1, -0.05) is 5.16 Å². The number of aromatic nitrogens is 1. The third kappa shape index (κ3) is 2.64. The molecule has 2 saturated heterocycles. The molecule has 3 aliphatic rings. The molecule has 0 N–H and O–H groups in total. The van der Waals surface area contributed by atoms with E-state index in [0.29, 0.717) is 45.4 Å². The van der Waals surface area contributed by atoms with E-state index in [1.54, 1.807) is 4.90 Å². The fourth-order valence-electron chi connectivity index (χ4n) is 4.41. The molecule has 1 spiro atoms. The molecule has 0 radical (unpaired) electrons.